The van der Waals surface area contributed by atoms with Crippen LogP contribution < -0.4 is 5.73 Å². The highest BCUT2D eigenvalue weighted by Gasteiger charge is 2.19. The third-order valence-electron chi connectivity index (χ3n) is 3.28. The molecule has 0 aliphatic heterocycles. The number of H-pyrrole nitrogens is 1. The summed E-state index contributed by atoms with van der Waals surface area (Å²) in [5.74, 6) is -2.33. The van der Waals surface area contributed by atoms with Crippen LogP contribution in [-0.4, -0.2) is 22.0 Å². The SMILES string of the molecule is NC(=O)c1cc(Br)c(F)c2c1[nH]c1cc(C(=O)O)ccc12. The molecule has 0 bridgehead atoms. The van der Waals surface area contributed by atoms with Gasteiger partial charge in [-0.15, -0.1) is 0 Å². The zero-order valence-electron chi connectivity index (χ0n) is 10.4. The lowest BCUT2D eigenvalue weighted by atomic mass is 10.1. The molecule has 1 amide bonds. The number of aromatic nitrogens is 1. The number of nitrogens with one attached hydrogen (secondary N) is 1. The van der Waals surface area contributed by atoms with Gasteiger partial charge in [-0.3, -0.25) is 4.79 Å². The summed E-state index contributed by atoms with van der Waals surface area (Å²) in [6.07, 6.45) is 0. The molecule has 0 saturated carbocycles. The quantitative estimate of drug-likeness (QED) is 0.662. The van der Waals surface area contributed by atoms with E-state index in [0.717, 1.165) is 0 Å². The number of amides is 1. The van der Waals surface area contributed by atoms with Gasteiger partial charge < -0.3 is 15.8 Å². The fourth-order valence-corrected chi connectivity index (χ4v) is 2.76. The second-order valence-corrected chi connectivity index (χ2v) is 5.38. The van der Waals surface area contributed by atoms with Crippen molar-refractivity contribution < 1.29 is 19.1 Å². The molecule has 0 aliphatic rings. The van der Waals surface area contributed by atoms with Crippen LogP contribution in [0.5, 0.6) is 0 Å². The molecular weight excluding hydrogens is 343 g/mol. The molecule has 0 atom stereocenters. The number of primary amides is 1. The summed E-state index contributed by atoms with van der Waals surface area (Å²) in [4.78, 5) is 25.3. The van der Waals surface area contributed by atoms with Crippen molar-refractivity contribution in [1.82, 2.24) is 4.98 Å². The van der Waals surface area contributed by atoms with Crippen molar-refractivity contribution >= 4 is 49.6 Å². The minimum absolute atomic E-state index is 0.0640. The minimum atomic E-state index is -1.09. The zero-order valence-corrected chi connectivity index (χ0v) is 12.0. The van der Waals surface area contributed by atoms with Gasteiger partial charge in [0.15, 0.2) is 0 Å². The van der Waals surface area contributed by atoms with Gasteiger partial charge in [-0.05, 0) is 34.1 Å². The average molecular weight is 351 g/mol. The first-order chi connectivity index (χ1) is 9.90. The maximum Gasteiger partial charge on any atom is 0.335 e. The highest BCUT2D eigenvalue weighted by Crippen LogP contribution is 2.34. The molecule has 5 nitrogen and oxygen atoms in total. The summed E-state index contributed by atoms with van der Waals surface area (Å²) in [5.41, 5.74) is 6.17. The Bertz CT molecular complexity index is 933. The Hall–Kier alpha value is -2.41. The number of carboxylic acids is 1. The standard InChI is InChI=1S/C14H8BrFN2O3/c15-8-4-7(13(17)19)12-10(11(8)16)6-2-1-5(14(20)21)3-9(6)18-12/h1-4,18H,(H2,17,19)(H,20,21). The number of nitrogens with two attached hydrogens (primary N) is 1. The smallest absolute Gasteiger partial charge is 0.335 e. The number of rotatable bonds is 2. The number of hydrogen-bond acceptors (Lipinski definition) is 2. The van der Waals surface area contributed by atoms with Crippen molar-refractivity contribution in [2.45, 2.75) is 0 Å². The second-order valence-electron chi connectivity index (χ2n) is 4.52. The van der Waals surface area contributed by atoms with Crippen molar-refractivity contribution in [2.75, 3.05) is 0 Å². The molecule has 0 saturated heterocycles. The van der Waals surface area contributed by atoms with Crippen LogP contribution in [0.25, 0.3) is 21.8 Å². The van der Waals surface area contributed by atoms with Crippen LogP contribution in [0.1, 0.15) is 20.7 Å². The summed E-state index contributed by atoms with van der Waals surface area (Å²) in [6, 6.07) is 5.56. The fraction of sp³-hybridized carbons (Fsp3) is 0. The molecule has 7 heteroatoms. The maximum atomic E-state index is 14.3. The van der Waals surface area contributed by atoms with E-state index >= 15 is 0 Å². The van der Waals surface area contributed by atoms with E-state index in [0.29, 0.717) is 10.9 Å². The van der Waals surface area contributed by atoms with Crippen molar-refractivity contribution in [1.29, 1.82) is 0 Å². The number of carbonyl (C=O) groups is 2. The molecule has 4 N–H and O–H groups in total. The van der Waals surface area contributed by atoms with Crippen molar-refractivity contribution in [2.24, 2.45) is 5.73 Å². The first-order valence-electron chi connectivity index (χ1n) is 5.86. The number of carboxylic acid groups (broad SMARTS) is 1. The van der Waals surface area contributed by atoms with Crippen LogP contribution in [0.15, 0.2) is 28.7 Å². The van der Waals surface area contributed by atoms with Gasteiger partial charge in [0.25, 0.3) is 5.91 Å². The summed E-state index contributed by atoms with van der Waals surface area (Å²) < 4.78 is 14.4. The number of fused-ring (bicyclic) bond motifs is 3. The largest absolute Gasteiger partial charge is 0.478 e. The Morgan fingerprint density at radius 2 is 2.00 bits per heavy atom. The average Bonchev–Trinajstić information content (AvgIpc) is 2.80. The van der Waals surface area contributed by atoms with Gasteiger partial charge in [-0.1, -0.05) is 6.07 Å². The molecule has 106 valence electrons. The fourth-order valence-electron chi connectivity index (χ4n) is 2.34. The molecule has 0 radical (unpaired) electrons. The molecule has 3 aromatic rings. The van der Waals surface area contributed by atoms with Gasteiger partial charge in [0.05, 0.1) is 21.1 Å². The van der Waals surface area contributed by atoms with Gasteiger partial charge in [0.1, 0.15) is 5.82 Å². The Balaban J connectivity index is 2.50. The number of carbonyl (C=O) groups excluding carboxylic acids is 1. The molecular formula is C14H8BrFN2O3. The Labute approximate surface area is 125 Å². The third kappa shape index (κ3) is 1.97. The van der Waals surface area contributed by atoms with Gasteiger partial charge in [0.2, 0.25) is 0 Å². The molecule has 1 aromatic heterocycles. The molecule has 3 rings (SSSR count). The Kier molecular flexibility index (Phi) is 2.94. The number of benzene rings is 2. The number of aromatic amines is 1. The molecule has 0 aliphatic carbocycles. The monoisotopic (exact) mass is 350 g/mol. The van der Waals surface area contributed by atoms with E-state index in [9.17, 15) is 14.0 Å². The van der Waals surface area contributed by atoms with Crippen LogP contribution in [0.4, 0.5) is 4.39 Å². The summed E-state index contributed by atoms with van der Waals surface area (Å²) >= 11 is 3.05. The minimum Gasteiger partial charge on any atom is -0.478 e. The van der Waals surface area contributed by atoms with Crippen LogP contribution in [-0.2, 0) is 0 Å². The lowest BCUT2D eigenvalue weighted by Crippen LogP contribution is -2.12. The van der Waals surface area contributed by atoms with Crippen LogP contribution >= 0.6 is 15.9 Å². The molecule has 0 unspecified atom stereocenters. The van der Waals surface area contributed by atoms with Gasteiger partial charge >= 0.3 is 5.97 Å². The normalized spacial score (nSPS) is 11.1. The van der Waals surface area contributed by atoms with E-state index in [4.69, 9.17) is 10.8 Å². The van der Waals surface area contributed by atoms with Crippen molar-refractivity contribution in [3.63, 3.8) is 0 Å². The van der Waals surface area contributed by atoms with Gasteiger partial charge in [0, 0.05) is 16.3 Å². The topological polar surface area (TPSA) is 96.2 Å². The second kappa shape index (κ2) is 4.56. The highest BCUT2D eigenvalue weighted by molar-refractivity contribution is 9.10. The van der Waals surface area contributed by atoms with E-state index in [1.165, 1.54) is 24.3 Å². The summed E-state index contributed by atoms with van der Waals surface area (Å²) in [6.45, 7) is 0. The Morgan fingerprint density at radius 1 is 1.29 bits per heavy atom. The number of halogens is 2. The first kappa shape index (κ1) is 13.6. The van der Waals surface area contributed by atoms with E-state index in [1.807, 2.05) is 0 Å². The van der Waals surface area contributed by atoms with E-state index < -0.39 is 17.7 Å². The van der Waals surface area contributed by atoms with Gasteiger partial charge in [-0.25, -0.2) is 9.18 Å². The lowest BCUT2D eigenvalue weighted by molar-refractivity contribution is 0.0696. The van der Waals surface area contributed by atoms with Crippen LogP contribution in [0, 0.1) is 5.82 Å². The van der Waals surface area contributed by atoms with Gasteiger partial charge in [-0.2, -0.15) is 0 Å². The maximum absolute atomic E-state index is 14.3. The zero-order chi connectivity index (χ0) is 15.3. The summed E-state index contributed by atoms with van der Waals surface area (Å²) in [7, 11) is 0. The van der Waals surface area contributed by atoms with Crippen molar-refractivity contribution in [3.05, 3.63) is 45.7 Å². The molecule has 1 heterocycles. The van der Waals surface area contributed by atoms with Crippen LogP contribution in [0.2, 0.25) is 0 Å². The Morgan fingerprint density at radius 3 is 2.62 bits per heavy atom. The van der Waals surface area contributed by atoms with E-state index in [2.05, 4.69) is 20.9 Å². The highest BCUT2D eigenvalue weighted by atomic mass is 79.9. The predicted molar refractivity (Wildman–Crippen MR) is 78.9 cm³/mol. The van der Waals surface area contributed by atoms with Crippen molar-refractivity contribution in [3.8, 4) is 0 Å². The molecule has 0 fully saturated rings. The van der Waals surface area contributed by atoms with E-state index in [1.54, 1.807) is 0 Å². The van der Waals surface area contributed by atoms with Crippen LogP contribution in [0.3, 0.4) is 0 Å². The molecule has 2 aromatic carbocycles. The molecule has 0 spiro atoms. The third-order valence-corrected chi connectivity index (χ3v) is 3.86. The first-order valence-corrected chi connectivity index (χ1v) is 6.66. The predicted octanol–water partition coefficient (Wildman–Crippen LogP) is 3.02. The lowest BCUT2D eigenvalue weighted by Gasteiger charge is -2.02. The summed E-state index contributed by atoms with van der Waals surface area (Å²) in [5, 5.41) is 9.67. The number of hydrogen-bond donors (Lipinski definition) is 3. The molecule has 21 heavy (non-hydrogen) atoms. The van der Waals surface area contributed by atoms with E-state index in [-0.39, 0.29) is 26.5 Å². The number of aromatic carboxylic acids is 1.